The summed E-state index contributed by atoms with van der Waals surface area (Å²) in [4.78, 5) is 27.3. The average Bonchev–Trinajstić information content (AvgIpc) is 2.91. The number of hydrogen-bond acceptors (Lipinski definition) is 5. The van der Waals surface area contributed by atoms with E-state index in [2.05, 4.69) is 9.62 Å². The minimum Gasteiger partial charge on any atom is -0.370 e. The number of nitrogens with zero attached hydrogens (tertiary/aromatic N) is 3. The standard InChI is InChI=1S/C27H34N4O4S/c1-29-24-17-22(23(31-15-7-4-8-16-31)18-25(24)30(2)27(33)26(29)32)28-36(34,35)21-13-11-20(12-14-21)19-9-5-3-6-10-19/h11-14,17-19,28H,3-10,15-16H2,1-2H3. The molecule has 0 amide bonds. The monoisotopic (exact) mass is 510 g/mol. The Morgan fingerprint density at radius 3 is 1.94 bits per heavy atom. The third-order valence-corrected chi connectivity index (χ3v) is 9.20. The highest BCUT2D eigenvalue weighted by atomic mass is 32.2. The molecule has 1 saturated heterocycles. The van der Waals surface area contributed by atoms with Crippen LogP contribution in [0.5, 0.6) is 0 Å². The summed E-state index contributed by atoms with van der Waals surface area (Å²) in [5, 5.41) is 0. The lowest BCUT2D eigenvalue weighted by Crippen LogP contribution is -2.39. The zero-order chi connectivity index (χ0) is 25.4. The molecule has 192 valence electrons. The number of benzene rings is 2. The molecule has 3 aromatic rings. The Labute approximate surface area is 211 Å². The highest BCUT2D eigenvalue weighted by Crippen LogP contribution is 2.35. The Morgan fingerprint density at radius 2 is 1.33 bits per heavy atom. The van der Waals surface area contributed by atoms with E-state index in [-0.39, 0.29) is 4.90 Å². The number of nitrogens with one attached hydrogen (secondary N) is 1. The molecule has 0 bridgehead atoms. The number of anilines is 2. The summed E-state index contributed by atoms with van der Waals surface area (Å²) in [7, 11) is -0.755. The van der Waals surface area contributed by atoms with Gasteiger partial charge in [-0.1, -0.05) is 31.4 Å². The van der Waals surface area contributed by atoms with Crippen molar-refractivity contribution >= 4 is 32.4 Å². The zero-order valence-corrected chi connectivity index (χ0v) is 21.8. The highest BCUT2D eigenvalue weighted by Gasteiger charge is 2.23. The van der Waals surface area contributed by atoms with E-state index in [4.69, 9.17) is 0 Å². The molecule has 2 aromatic carbocycles. The Hall–Kier alpha value is -3.07. The largest absolute Gasteiger partial charge is 0.370 e. The van der Waals surface area contributed by atoms with E-state index in [1.807, 2.05) is 18.2 Å². The van der Waals surface area contributed by atoms with E-state index in [1.54, 1.807) is 25.2 Å². The lowest BCUT2D eigenvalue weighted by atomic mass is 9.84. The van der Waals surface area contributed by atoms with Crippen molar-refractivity contribution in [3.05, 3.63) is 62.7 Å². The summed E-state index contributed by atoms with van der Waals surface area (Å²) in [6.45, 7) is 1.60. The molecule has 1 aliphatic carbocycles. The van der Waals surface area contributed by atoms with Crippen LogP contribution in [-0.2, 0) is 24.1 Å². The van der Waals surface area contributed by atoms with E-state index < -0.39 is 21.1 Å². The summed E-state index contributed by atoms with van der Waals surface area (Å²) in [6.07, 6.45) is 9.19. The van der Waals surface area contributed by atoms with Crippen LogP contribution in [0, 0.1) is 0 Å². The number of hydrogen-bond donors (Lipinski definition) is 1. The van der Waals surface area contributed by atoms with Crippen molar-refractivity contribution in [3.63, 3.8) is 0 Å². The van der Waals surface area contributed by atoms with Crippen LogP contribution in [0.4, 0.5) is 11.4 Å². The topological polar surface area (TPSA) is 93.4 Å². The summed E-state index contributed by atoms with van der Waals surface area (Å²) in [6, 6.07) is 10.8. The quantitative estimate of drug-likeness (QED) is 0.522. The van der Waals surface area contributed by atoms with Gasteiger partial charge in [0.1, 0.15) is 0 Å². The molecule has 2 heterocycles. The first-order chi connectivity index (χ1) is 17.3. The van der Waals surface area contributed by atoms with Crippen molar-refractivity contribution < 1.29 is 8.42 Å². The smallest absolute Gasteiger partial charge is 0.316 e. The maximum Gasteiger partial charge on any atom is 0.316 e. The van der Waals surface area contributed by atoms with Gasteiger partial charge in [-0.2, -0.15) is 0 Å². The van der Waals surface area contributed by atoms with Crippen LogP contribution in [0.1, 0.15) is 62.8 Å². The zero-order valence-electron chi connectivity index (χ0n) is 21.0. The number of fused-ring (bicyclic) bond motifs is 1. The van der Waals surface area contributed by atoms with Gasteiger partial charge in [0, 0.05) is 27.2 Å². The van der Waals surface area contributed by atoms with Crippen molar-refractivity contribution in [3.8, 4) is 0 Å². The summed E-state index contributed by atoms with van der Waals surface area (Å²) < 4.78 is 32.4. The van der Waals surface area contributed by atoms with E-state index in [0.29, 0.717) is 22.6 Å². The minimum absolute atomic E-state index is 0.209. The predicted octanol–water partition coefficient (Wildman–Crippen LogP) is 4.08. The highest BCUT2D eigenvalue weighted by molar-refractivity contribution is 7.92. The molecule has 0 spiro atoms. The molecule has 36 heavy (non-hydrogen) atoms. The number of aryl methyl sites for hydroxylation is 2. The Morgan fingerprint density at radius 1 is 0.778 bits per heavy atom. The van der Waals surface area contributed by atoms with Gasteiger partial charge in [0.25, 0.3) is 10.0 Å². The molecule has 0 atom stereocenters. The maximum absolute atomic E-state index is 13.5. The molecule has 0 radical (unpaired) electrons. The van der Waals surface area contributed by atoms with Gasteiger partial charge >= 0.3 is 11.1 Å². The number of sulfonamides is 1. The van der Waals surface area contributed by atoms with Crippen LogP contribution in [-0.4, -0.2) is 30.6 Å². The second kappa shape index (κ2) is 9.76. The van der Waals surface area contributed by atoms with E-state index >= 15 is 0 Å². The van der Waals surface area contributed by atoms with Gasteiger partial charge in [0.05, 0.1) is 27.3 Å². The Bertz CT molecular complexity index is 1490. The van der Waals surface area contributed by atoms with Gasteiger partial charge in [0.2, 0.25) is 0 Å². The minimum atomic E-state index is -3.86. The lowest BCUT2D eigenvalue weighted by Gasteiger charge is -2.31. The van der Waals surface area contributed by atoms with E-state index in [0.717, 1.165) is 50.9 Å². The van der Waals surface area contributed by atoms with Crippen LogP contribution < -0.4 is 20.7 Å². The van der Waals surface area contributed by atoms with Gasteiger partial charge in [0.15, 0.2) is 0 Å². The van der Waals surface area contributed by atoms with Crippen molar-refractivity contribution in [2.24, 2.45) is 14.1 Å². The third-order valence-electron chi connectivity index (χ3n) is 7.82. The van der Waals surface area contributed by atoms with Crippen molar-refractivity contribution in [2.75, 3.05) is 22.7 Å². The third kappa shape index (κ3) is 4.56. The van der Waals surface area contributed by atoms with Crippen molar-refractivity contribution in [1.82, 2.24) is 9.13 Å². The van der Waals surface area contributed by atoms with Crippen LogP contribution in [0.2, 0.25) is 0 Å². The fourth-order valence-corrected chi connectivity index (χ4v) is 6.71. The first-order valence-corrected chi connectivity index (χ1v) is 14.4. The molecule has 2 fully saturated rings. The van der Waals surface area contributed by atoms with Gasteiger partial charge in [-0.15, -0.1) is 0 Å². The molecule has 1 aromatic heterocycles. The molecule has 2 aliphatic rings. The molecule has 0 unspecified atom stereocenters. The molecule has 8 nitrogen and oxygen atoms in total. The first-order valence-electron chi connectivity index (χ1n) is 12.9. The normalized spacial score (nSPS) is 17.4. The van der Waals surface area contributed by atoms with Crippen molar-refractivity contribution in [2.45, 2.75) is 62.2 Å². The predicted molar refractivity (Wildman–Crippen MR) is 144 cm³/mol. The fraction of sp³-hybridized carbons (Fsp3) is 0.481. The fourth-order valence-electron chi connectivity index (χ4n) is 5.65. The van der Waals surface area contributed by atoms with Crippen molar-refractivity contribution in [1.29, 1.82) is 0 Å². The van der Waals surface area contributed by atoms with Gasteiger partial charge < -0.3 is 14.0 Å². The van der Waals surface area contributed by atoms with Gasteiger partial charge in [-0.25, -0.2) is 8.42 Å². The SMILES string of the molecule is Cn1c(=O)c(=O)n(C)c2cc(N3CCCCC3)c(NS(=O)(=O)c3ccc(C4CCCCC4)cc3)cc21. The molecular formula is C27H34N4O4S. The van der Waals surface area contributed by atoms with Crippen LogP contribution in [0.15, 0.2) is 50.9 Å². The van der Waals surface area contributed by atoms with E-state index in [1.165, 1.54) is 41.0 Å². The van der Waals surface area contributed by atoms with Crippen LogP contribution in [0.25, 0.3) is 11.0 Å². The summed E-state index contributed by atoms with van der Waals surface area (Å²) in [5.41, 5.74) is 2.15. The van der Waals surface area contributed by atoms with Gasteiger partial charge in [-0.05, 0) is 67.9 Å². The summed E-state index contributed by atoms with van der Waals surface area (Å²) in [5.74, 6) is 0.502. The van der Waals surface area contributed by atoms with Crippen LogP contribution in [0.3, 0.4) is 0 Å². The average molecular weight is 511 g/mol. The Kier molecular flexibility index (Phi) is 6.68. The number of aromatic nitrogens is 2. The maximum atomic E-state index is 13.5. The molecule has 1 aliphatic heterocycles. The Balaban J connectivity index is 1.56. The first kappa shape index (κ1) is 24.6. The van der Waals surface area contributed by atoms with Crippen LogP contribution >= 0.6 is 0 Å². The molecule has 1 N–H and O–H groups in total. The second-order valence-electron chi connectivity index (χ2n) is 10.1. The molecule has 5 rings (SSSR count). The van der Waals surface area contributed by atoms with Gasteiger partial charge in [-0.3, -0.25) is 14.3 Å². The number of piperidine rings is 1. The van der Waals surface area contributed by atoms with E-state index in [9.17, 15) is 18.0 Å². The summed E-state index contributed by atoms with van der Waals surface area (Å²) >= 11 is 0. The second-order valence-corrected chi connectivity index (χ2v) is 11.8. The molecule has 9 heteroatoms. The lowest BCUT2D eigenvalue weighted by molar-refractivity contribution is 0.443. The molecular weight excluding hydrogens is 476 g/mol. The molecule has 1 saturated carbocycles. The number of rotatable bonds is 5.